The summed E-state index contributed by atoms with van der Waals surface area (Å²) in [5.74, 6) is 0.953. The van der Waals surface area contributed by atoms with E-state index in [0.29, 0.717) is 12.7 Å². The molecule has 1 heterocycles. The summed E-state index contributed by atoms with van der Waals surface area (Å²) in [7, 11) is 0. The van der Waals surface area contributed by atoms with Crippen molar-refractivity contribution >= 4 is 23.2 Å². The third-order valence-electron chi connectivity index (χ3n) is 5.21. The maximum absolute atomic E-state index is 6.22. The third kappa shape index (κ3) is 5.05. The molecule has 1 unspecified atom stereocenters. The Morgan fingerprint density at radius 3 is 2.64 bits per heavy atom. The number of hydrogen-bond acceptors (Lipinski definition) is 3. The van der Waals surface area contributed by atoms with Crippen LogP contribution in [0.25, 0.3) is 10.8 Å². The third-order valence-corrected chi connectivity index (χ3v) is 5.21. The molecule has 4 rings (SSSR count). The van der Waals surface area contributed by atoms with Gasteiger partial charge in [-0.15, -0.1) is 12.4 Å². The molecule has 0 aromatic heterocycles. The van der Waals surface area contributed by atoms with E-state index in [1.807, 2.05) is 0 Å². The average molecular weight is 398 g/mol. The van der Waals surface area contributed by atoms with Gasteiger partial charge in [-0.05, 0) is 42.2 Å². The fourth-order valence-corrected chi connectivity index (χ4v) is 3.64. The van der Waals surface area contributed by atoms with Crippen LogP contribution < -0.4 is 10.1 Å². The molecule has 1 N–H and O–H groups in total. The van der Waals surface area contributed by atoms with Gasteiger partial charge in [0, 0.05) is 25.3 Å². The molecule has 3 aromatic rings. The molecule has 0 spiro atoms. The second-order valence-corrected chi connectivity index (χ2v) is 7.30. The van der Waals surface area contributed by atoms with Gasteiger partial charge in [0.15, 0.2) is 0 Å². The highest BCUT2D eigenvalue weighted by atomic mass is 35.5. The van der Waals surface area contributed by atoms with Gasteiger partial charge >= 0.3 is 0 Å². The first-order valence-electron chi connectivity index (χ1n) is 9.81. The number of benzene rings is 3. The lowest BCUT2D eigenvalue weighted by Crippen LogP contribution is -2.26. The summed E-state index contributed by atoms with van der Waals surface area (Å²) in [4.78, 5) is 0. The maximum atomic E-state index is 6.22. The minimum Gasteiger partial charge on any atom is -0.489 e. The first kappa shape index (κ1) is 20.7. The summed E-state index contributed by atoms with van der Waals surface area (Å²) in [6.45, 7) is 5.25. The molecule has 0 radical (unpaired) electrons. The molecule has 1 saturated heterocycles. The number of fused-ring (bicyclic) bond motifs is 1. The van der Waals surface area contributed by atoms with E-state index in [0.717, 1.165) is 31.9 Å². The van der Waals surface area contributed by atoms with Crippen LogP contribution in [0.2, 0.25) is 0 Å². The molecule has 0 saturated carbocycles. The number of halogens is 1. The van der Waals surface area contributed by atoms with Gasteiger partial charge in [-0.1, -0.05) is 60.2 Å². The number of rotatable bonds is 7. The van der Waals surface area contributed by atoms with E-state index in [9.17, 15) is 0 Å². The largest absolute Gasteiger partial charge is 0.489 e. The molecule has 3 aromatic carbocycles. The van der Waals surface area contributed by atoms with Crippen molar-refractivity contribution < 1.29 is 9.47 Å². The smallest absolute Gasteiger partial charge is 0.124 e. The summed E-state index contributed by atoms with van der Waals surface area (Å²) in [6.07, 6.45) is 2.67. The normalized spacial score (nSPS) is 16.1. The lowest BCUT2D eigenvalue weighted by Gasteiger charge is -2.16. The Bertz CT molecular complexity index is 889. The van der Waals surface area contributed by atoms with Gasteiger partial charge in [-0.3, -0.25) is 0 Å². The van der Waals surface area contributed by atoms with Crippen molar-refractivity contribution in [2.45, 2.75) is 39.0 Å². The number of ether oxygens (including phenoxy) is 2. The number of aryl methyl sites for hydroxylation is 1. The second-order valence-electron chi connectivity index (χ2n) is 7.30. The van der Waals surface area contributed by atoms with E-state index < -0.39 is 0 Å². The molecular formula is C24H28ClNO2. The zero-order valence-corrected chi connectivity index (χ0v) is 17.1. The zero-order valence-electron chi connectivity index (χ0n) is 16.3. The van der Waals surface area contributed by atoms with Gasteiger partial charge in [0.1, 0.15) is 12.4 Å². The summed E-state index contributed by atoms with van der Waals surface area (Å²) < 4.78 is 12.0. The SMILES string of the molecule is Cc1ccc(COc2ccc3ccccc3c2CNCC2CCCO2)cc1.Cl. The quantitative estimate of drug-likeness (QED) is 0.577. The molecule has 1 aliphatic rings. The van der Waals surface area contributed by atoms with E-state index in [1.54, 1.807) is 0 Å². The van der Waals surface area contributed by atoms with Gasteiger partial charge in [-0.25, -0.2) is 0 Å². The Hall–Kier alpha value is -2.07. The molecule has 3 nitrogen and oxygen atoms in total. The number of nitrogens with one attached hydrogen (secondary N) is 1. The van der Waals surface area contributed by atoms with Crippen LogP contribution in [0.3, 0.4) is 0 Å². The minimum atomic E-state index is 0. The van der Waals surface area contributed by atoms with Crippen LogP contribution in [0, 0.1) is 6.92 Å². The van der Waals surface area contributed by atoms with Crippen molar-refractivity contribution in [3.8, 4) is 5.75 Å². The molecule has 0 bridgehead atoms. The van der Waals surface area contributed by atoms with Gasteiger partial charge in [0.2, 0.25) is 0 Å². The van der Waals surface area contributed by atoms with Gasteiger partial charge in [0.05, 0.1) is 6.10 Å². The minimum absolute atomic E-state index is 0. The second kappa shape index (κ2) is 9.92. The molecule has 1 fully saturated rings. The van der Waals surface area contributed by atoms with Gasteiger partial charge in [0.25, 0.3) is 0 Å². The maximum Gasteiger partial charge on any atom is 0.124 e. The topological polar surface area (TPSA) is 30.5 Å². The predicted octanol–water partition coefficient (Wildman–Crippen LogP) is 5.42. The zero-order chi connectivity index (χ0) is 18.5. The van der Waals surface area contributed by atoms with Crippen molar-refractivity contribution in [3.63, 3.8) is 0 Å². The Morgan fingerprint density at radius 1 is 1.04 bits per heavy atom. The van der Waals surface area contributed by atoms with Crippen LogP contribution in [0.1, 0.15) is 29.5 Å². The van der Waals surface area contributed by atoms with Crippen LogP contribution in [-0.2, 0) is 17.9 Å². The highest BCUT2D eigenvalue weighted by Gasteiger charge is 2.15. The number of hydrogen-bond donors (Lipinski definition) is 1. The standard InChI is InChI=1S/C24H27NO2.ClH/c1-18-8-10-19(11-9-18)17-27-24-13-12-20-5-2-3-7-22(20)23(24)16-25-15-21-6-4-14-26-21;/h2-3,5,7-13,21,25H,4,6,14-17H2,1H3;1H. The van der Waals surface area contributed by atoms with E-state index in [2.05, 4.69) is 72.9 Å². The van der Waals surface area contributed by atoms with E-state index in [-0.39, 0.29) is 12.4 Å². The predicted molar refractivity (Wildman–Crippen MR) is 117 cm³/mol. The van der Waals surface area contributed by atoms with E-state index >= 15 is 0 Å². The lowest BCUT2D eigenvalue weighted by molar-refractivity contribution is 0.110. The first-order chi connectivity index (χ1) is 13.3. The summed E-state index contributed by atoms with van der Waals surface area (Å²) in [5, 5.41) is 6.07. The summed E-state index contributed by atoms with van der Waals surface area (Å²) in [6, 6.07) is 21.3. The fraction of sp³-hybridized carbons (Fsp3) is 0.333. The highest BCUT2D eigenvalue weighted by molar-refractivity contribution is 5.87. The summed E-state index contributed by atoms with van der Waals surface area (Å²) >= 11 is 0. The highest BCUT2D eigenvalue weighted by Crippen LogP contribution is 2.29. The van der Waals surface area contributed by atoms with Gasteiger partial charge in [-0.2, -0.15) is 0 Å². The first-order valence-corrected chi connectivity index (χ1v) is 9.81. The molecule has 1 aliphatic heterocycles. The van der Waals surface area contributed by atoms with Crippen molar-refractivity contribution in [2.75, 3.05) is 13.2 Å². The van der Waals surface area contributed by atoms with Crippen LogP contribution in [0.5, 0.6) is 5.75 Å². The Balaban J connectivity index is 0.00000225. The molecule has 4 heteroatoms. The Kier molecular flexibility index (Phi) is 7.32. The molecular weight excluding hydrogens is 370 g/mol. The Morgan fingerprint density at radius 2 is 1.86 bits per heavy atom. The fourth-order valence-electron chi connectivity index (χ4n) is 3.64. The van der Waals surface area contributed by atoms with E-state index in [1.165, 1.54) is 33.9 Å². The molecule has 1 atom stereocenters. The lowest BCUT2D eigenvalue weighted by atomic mass is 10.0. The van der Waals surface area contributed by atoms with Crippen molar-refractivity contribution in [1.82, 2.24) is 5.32 Å². The molecule has 0 aliphatic carbocycles. The van der Waals surface area contributed by atoms with Crippen LogP contribution in [0.15, 0.2) is 60.7 Å². The van der Waals surface area contributed by atoms with Crippen molar-refractivity contribution in [3.05, 3.63) is 77.4 Å². The van der Waals surface area contributed by atoms with Gasteiger partial charge < -0.3 is 14.8 Å². The molecule has 148 valence electrons. The van der Waals surface area contributed by atoms with Crippen LogP contribution in [-0.4, -0.2) is 19.3 Å². The van der Waals surface area contributed by atoms with Crippen LogP contribution in [0.4, 0.5) is 0 Å². The average Bonchev–Trinajstić information content (AvgIpc) is 3.22. The Labute approximate surface area is 173 Å². The van der Waals surface area contributed by atoms with E-state index in [4.69, 9.17) is 9.47 Å². The van der Waals surface area contributed by atoms with Crippen molar-refractivity contribution in [2.24, 2.45) is 0 Å². The monoisotopic (exact) mass is 397 g/mol. The molecule has 28 heavy (non-hydrogen) atoms. The van der Waals surface area contributed by atoms with Crippen LogP contribution >= 0.6 is 12.4 Å². The van der Waals surface area contributed by atoms with Crippen molar-refractivity contribution in [1.29, 1.82) is 0 Å². The summed E-state index contributed by atoms with van der Waals surface area (Å²) in [5.41, 5.74) is 3.67. The molecule has 0 amide bonds.